The quantitative estimate of drug-likeness (QED) is 0.817. The molecular weight excluding hydrogens is 270 g/mol. The zero-order valence-corrected chi connectivity index (χ0v) is 12.6. The number of rotatable bonds is 6. The number of hydrogen-bond acceptors (Lipinski definition) is 3. The summed E-state index contributed by atoms with van der Waals surface area (Å²) in [5, 5.41) is 3.34. The summed E-state index contributed by atoms with van der Waals surface area (Å²) in [4.78, 5) is 0.366. The van der Waals surface area contributed by atoms with Gasteiger partial charge in [0.2, 0.25) is 0 Å². The van der Waals surface area contributed by atoms with Gasteiger partial charge in [-0.1, -0.05) is 6.92 Å². The van der Waals surface area contributed by atoms with Gasteiger partial charge in [-0.3, -0.25) is 0 Å². The van der Waals surface area contributed by atoms with Gasteiger partial charge in [-0.25, -0.2) is 8.42 Å². The molecule has 102 valence electrons. The van der Waals surface area contributed by atoms with Gasteiger partial charge < -0.3 is 5.32 Å². The van der Waals surface area contributed by atoms with Crippen LogP contribution in [0.4, 0.5) is 5.69 Å². The topological polar surface area (TPSA) is 46.2 Å². The zero-order chi connectivity index (χ0) is 13.8. The van der Waals surface area contributed by atoms with Crippen molar-refractivity contribution in [1.82, 2.24) is 0 Å². The predicted molar refractivity (Wildman–Crippen MR) is 77.2 cm³/mol. The van der Waals surface area contributed by atoms with Gasteiger partial charge in [-0.2, -0.15) is 0 Å². The van der Waals surface area contributed by atoms with Gasteiger partial charge in [0.15, 0.2) is 9.84 Å². The Balaban J connectivity index is 2.84. The monoisotopic (exact) mass is 289 g/mol. The summed E-state index contributed by atoms with van der Waals surface area (Å²) in [6.45, 7) is 5.77. The van der Waals surface area contributed by atoms with Crippen molar-refractivity contribution in [3.63, 3.8) is 0 Å². The Morgan fingerprint density at radius 2 is 1.78 bits per heavy atom. The molecule has 0 saturated heterocycles. The first-order valence-corrected chi connectivity index (χ1v) is 8.16. The van der Waals surface area contributed by atoms with Crippen LogP contribution in [-0.2, 0) is 9.84 Å². The molecule has 1 aromatic rings. The van der Waals surface area contributed by atoms with Crippen LogP contribution in [0.5, 0.6) is 0 Å². The Morgan fingerprint density at radius 1 is 1.22 bits per heavy atom. The number of alkyl halides is 1. The molecule has 0 aliphatic carbocycles. The van der Waals surface area contributed by atoms with Crippen molar-refractivity contribution in [2.45, 2.75) is 37.6 Å². The Morgan fingerprint density at radius 3 is 2.22 bits per heavy atom. The summed E-state index contributed by atoms with van der Waals surface area (Å²) in [7, 11) is -3.12. The summed E-state index contributed by atoms with van der Waals surface area (Å²) in [5.74, 6) is 0.708. The first kappa shape index (κ1) is 15.3. The molecule has 0 radical (unpaired) electrons. The van der Waals surface area contributed by atoms with Gasteiger partial charge in [0, 0.05) is 17.1 Å². The van der Waals surface area contributed by atoms with Crippen molar-refractivity contribution in [2.75, 3.05) is 16.9 Å². The van der Waals surface area contributed by atoms with Crippen LogP contribution in [0.25, 0.3) is 0 Å². The largest absolute Gasteiger partial charge is 0.380 e. The van der Waals surface area contributed by atoms with E-state index in [1.807, 2.05) is 0 Å². The van der Waals surface area contributed by atoms with E-state index in [4.69, 9.17) is 11.6 Å². The molecule has 0 unspecified atom stereocenters. The fraction of sp³-hybridized carbons (Fsp3) is 0.538. The van der Waals surface area contributed by atoms with E-state index in [1.54, 1.807) is 31.2 Å². The van der Waals surface area contributed by atoms with E-state index >= 15 is 0 Å². The maximum atomic E-state index is 11.7. The second-order valence-corrected chi connectivity index (χ2v) is 7.53. The lowest BCUT2D eigenvalue weighted by molar-refractivity contribution is 0.550. The van der Waals surface area contributed by atoms with E-state index in [0.717, 1.165) is 12.1 Å². The van der Waals surface area contributed by atoms with Crippen LogP contribution in [-0.4, -0.2) is 25.6 Å². The highest BCUT2D eigenvalue weighted by atomic mass is 35.5. The molecule has 18 heavy (non-hydrogen) atoms. The molecule has 0 aliphatic heterocycles. The van der Waals surface area contributed by atoms with Crippen LogP contribution in [0.2, 0.25) is 0 Å². The Hall–Kier alpha value is -0.740. The van der Waals surface area contributed by atoms with Gasteiger partial charge in [0.05, 0.1) is 10.6 Å². The van der Waals surface area contributed by atoms with Crippen LogP contribution in [0.15, 0.2) is 29.2 Å². The summed E-state index contributed by atoms with van der Waals surface area (Å²) >= 11 is 5.74. The van der Waals surface area contributed by atoms with E-state index in [0.29, 0.717) is 10.8 Å². The number of halogens is 1. The summed E-state index contributed by atoms with van der Waals surface area (Å²) in [6.07, 6.45) is 0.837. The van der Waals surface area contributed by atoms with Crippen molar-refractivity contribution in [2.24, 2.45) is 0 Å². The highest BCUT2D eigenvalue weighted by Gasteiger charge is 2.17. The SMILES string of the molecule is CCS(=O)(=O)c1ccc(NC(C)(C)CCCl)cc1. The van der Waals surface area contributed by atoms with Gasteiger partial charge in [0.25, 0.3) is 0 Å². The van der Waals surface area contributed by atoms with Gasteiger partial charge in [0.1, 0.15) is 0 Å². The molecule has 1 rings (SSSR count). The average molecular weight is 290 g/mol. The minimum Gasteiger partial charge on any atom is -0.380 e. The molecule has 0 bridgehead atoms. The van der Waals surface area contributed by atoms with E-state index < -0.39 is 9.84 Å². The smallest absolute Gasteiger partial charge is 0.178 e. The molecule has 0 fully saturated rings. The maximum Gasteiger partial charge on any atom is 0.178 e. The van der Waals surface area contributed by atoms with E-state index in [2.05, 4.69) is 19.2 Å². The molecule has 5 heteroatoms. The Kier molecular flexibility index (Phi) is 5.05. The molecular formula is C13H20ClNO2S. The maximum absolute atomic E-state index is 11.7. The summed E-state index contributed by atoms with van der Waals surface area (Å²) < 4.78 is 23.3. The number of sulfone groups is 1. The molecule has 0 saturated carbocycles. The molecule has 3 nitrogen and oxygen atoms in total. The van der Waals surface area contributed by atoms with Crippen LogP contribution in [0.1, 0.15) is 27.2 Å². The molecule has 0 aromatic heterocycles. The minimum absolute atomic E-state index is 0.104. The van der Waals surface area contributed by atoms with Crippen LogP contribution < -0.4 is 5.32 Å². The van der Waals surface area contributed by atoms with Crippen molar-refractivity contribution in [1.29, 1.82) is 0 Å². The lowest BCUT2D eigenvalue weighted by atomic mass is 10.0. The molecule has 0 atom stereocenters. The molecule has 0 aliphatic rings. The highest BCUT2D eigenvalue weighted by molar-refractivity contribution is 7.91. The second-order valence-electron chi connectivity index (χ2n) is 4.88. The fourth-order valence-corrected chi connectivity index (χ4v) is 2.96. The van der Waals surface area contributed by atoms with Crippen molar-refractivity contribution >= 4 is 27.1 Å². The van der Waals surface area contributed by atoms with E-state index in [9.17, 15) is 8.42 Å². The normalized spacial score (nSPS) is 12.4. The summed E-state index contributed by atoms with van der Waals surface area (Å²) in [5.41, 5.74) is 0.799. The van der Waals surface area contributed by atoms with Gasteiger partial charge >= 0.3 is 0 Å². The minimum atomic E-state index is -3.12. The lowest BCUT2D eigenvalue weighted by Gasteiger charge is -2.26. The van der Waals surface area contributed by atoms with Crippen molar-refractivity contribution in [3.05, 3.63) is 24.3 Å². The highest BCUT2D eigenvalue weighted by Crippen LogP contribution is 2.21. The summed E-state index contributed by atoms with van der Waals surface area (Å²) in [6, 6.07) is 6.85. The molecule has 1 N–H and O–H groups in total. The number of benzene rings is 1. The predicted octanol–water partition coefficient (Wildman–Crippen LogP) is 3.30. The Labute approximate surface area is 114 Å². The average Bonchev–Trinajstić information content (AvgIpc) is 2.29. The third-order valence-corrected chi connectivity index (χ3v) is 4.74. The molecule has 0 heterocycles. The zero-order valence-electron chi connectivity index (χ0n) is 11.0. The lowest BCUT2D eigenvalue weighted by Crippen LogP contribution is -2.31. The van der Waals surface area contributed by atoms with Gasteiger partial charge in [-0.15, -0.1) is 11.6 Å². The van der Waals surface area contributed by atoms with Crippen molar-refractivity contribution in [3.8, 4) is 0 Å². The second kappa shape index (κ2) is 5.93. The van der Waals surface area contributed by atoms with Gasteiger partial charge in [-0.05, 0) is 44.5 Å². The third-order valence-electron chi connectivity index (χ3n) is 2.80. The fourth-order valence-electron chi connectivity index (χ4n) is 1.60. The number of hydrogen-bond donors (Lipinski definition) is 1. The molecule has 0 spiro atoms. The third kappa shape index (κ3) is 4.18. The Bertz CT molecular complexity index is 480. The standard InChI is InChI=1S/C13H20ClNO2S/c1-4-18(16,17)12-7-5-11(6-8-12)15-13(2,3)9-10-14/h5-8,15H,4,9-10H2,1-3H3. The van der Waals surface area contributed by atoms with Crippen LogP contribution >= 0.6 is 11.6 Å². The van der Waals surface area contributed by atoms with E-state index in [-0.39, 0.29) is 11.3 Å². The first-order valence-electron chi connectivity index (χ1n) is 5.98. The van der Waals surface area contributed by atoms with Crippen LogP contribution in [0, 0.1) is 0 Å². The van der Waals surface area contributed by atoms with Crippen molar-refractivity contribution < 1.29 is 8.42 Å². The number of anilines is 1. The number of nitrogens with one attached hydrogen (secondary N) is 1. The molecule has 0 amide bonds. The van der Waals surface area contributed by atoms with Crippen LogP contribution in [0.3, 0.4) is 0 Å². The van der Waals surface area contributed by atoms with E-state index in [1.165, 1.54) is 0 Å². The first-order chi connectivity index (χ1) is 8.30. The molecule has 1 aromatic carbocycles.